The molecule has 13 nitrogen and oxygen atoms in total. The molecule has 2 bridgehead atoms. The van der Waals surface area contributed by atoms with E-state index in [1.165, 1.54) is 13.8 Å². The van der Waals surface area contributed by atoms with E-state index >= 15 is 0 Å². The number of allylic oxidation sites excluding steroid dienone is 1. The van der Waals surface area contributed by atoms with Gasteiger partial charge in [-0.25, -0.2) is 9.98 Å². The number of likely N-dealkylation sites (N-methyl/N-ethyl adjacent to an activating group) is 1. The van der Waals surface area contributed by atoms with Crippen molar-refractivity contribution in [2.24, 2.45) is 28.7 Å². The Hall–Kier alpha value is -3.35. The number of hydrogen-bond donors (Lipinski definition) is 2. The third-order valence-electron chi connectivity index (χ3n) is 11.3. The summed E-state index contributed by atoms with van der Waals surface area (Å²) in [7, 11) is 3.75. The maximum atomic E-state index is 14.4. The number of esters is 1. The van der Waals surface area contributed by atoms with Crippen molar-refractivity contribution in [3.8, 4) is 11.8 Å². The van der Waals surface area contributed by atoms with Crippen LogP contribution >= 0.6 is 0 Å². The summed E-state index contributed by atoms with van der Waals surface area (Å²) in [4.78, 5) is 51.7. The van der Waals surface area contributed by atoms with E-state index in [0.29, 0.717) is 23.4 Å². The van der Waals surface area contributed by atoms with E-state index in [9.17, 15) is 24.6 Å². The molecule has 3 fully saturated rings. The lowest BCUT2D eigenvalue weighted by atomic mass is 9.73. The lowest BCUT2D eigenvalue weighted by molar-refractivity contribution is -0.296. The van der Waals surface area contributed by atoms with Crippen LogP contribution in [0.5, 0.6) is 0 Å². The van der Waals surface area contributed by atoms with Gasteiger partial charge in [-0.2, -0.15) is 0 Å². The summed E-state index contributed by atoms with van der Waals surface area (Å²) in [5.41, 5.74) is -1.53. The molecule has 4 rings (SSSR count). The molecule has 13 heteroatoms. The van der Waals surface area contributed by atoms with Gasteiger partial charge in [0.2, 0.25) is 5.91 Å². The molecule has 0 aromatic carbocycles. The molecule has 2 N–H and O–H groups in total. The first-order valence-corrected chi connectivity index (χ1v) is 19.4. The molecule has 1 aromatic heterocycles. The number of hydrogen-bond acceptors (Lipinski definition) is 12. The van der Waals surface area contributed by atoms with Gasteiger partial charge in [0.15, 0.2) is 12.1 Å². The number of nitrogens with zero attached hydrogens (tertiary/aromatic N) is 3. The summed E-state index contributed by atoms with van der Waals surface area (Å²) >= 11 is 0. The van der Waals surface area contributed by atoms with Gasteiger partial charge in [-0.3, -0.25) is 14.4 Å². The van der Waals surface area contributed by atoms with Crippen molar-refractivity contribution < 1.29 is 48.3 Å². The Labute approximate surface area is 326 Å². The first-order valence-electron chi connectivity index (χ1n) is 19.4. The average Bonchev–Trinajstić information content (AvgIpc) is 3.14. The van der Waals surface area contributed by atoms with Gasteiger partial charge >= 0.3 is 5.97 Å². The third kappa shape index (κ3) is 10.5. The van der Waals surface area contributed by atoms with Gasteiger partial charge in [0.05, 0.1) is 37.1 Å². The fraction of sp³-hybridized carbons (Fsp3) is 0.690. The van der Waals surface area contributed by atoms with E-state index in [1.54, 1.807) is 45.2 Å². The zero-order chi connectivity index (χ0) is 40.8. The highest BCUT2D eigenvalue weighted by atomic mass is 16.7. The van der Waals surface area contributed by atoms with Crippen LogP contribution in [0.4, 0.5) is 0 Å². The van der Waals surface area contributed by atoms with Crippen LogP contribution in [0.3, 0.4) is 0 Å². The summed E-state index contributed by atoms with van der Waals surface area (Å²) in [6.45, 7) is 15.2. The summed E-state index contributed by atoms with van der Waals surface area (Å²) in [5, 5.41) is 24.0. The molecule has 5 unspecified atom stereocenters. The molecule has 0 aliphatic carbocycles. The number of aliphatic imine (C=N–C) groups is 1. The molecule has 1 amide bonds. The number of Topliss-reactive ketones (excluding diaryl/α,β-unsaturated/α-hetero) is 1. The van der Waals surface area contributed by atoms with Crippen LogP contribution in [-0.2, 0) is 38.1 Å². The van der Waals surface area contributed by atoms with Crippen molar-refractivity contribution in [3.05, 3.63) is 41.7 Å². The summed E-state index contributed by atoms with van der Waals surface area (Å²) in [6, 6.07) is 5.13. The molecule has 55 heavy (non-hydrogen) atoms. The normalized spacial score (nSPS) is 39.7. The number of ether oxygens (including phenoxy) is 5. The molecule has 0 radical (unpaired) electrons. The molecule has 13 atom stereocenters. The minimum atomic E-state index is -1.80. The number of pyridine rings is 1. The fourth-order valence-electron chi connectivity index (χ4n) is 8.31. The molecular weight excluding hydrogens is 706 g/mol. The maximum Gasteiger partial charge on any atom is 0.316 e. The number of carbonyl (C=O) groups is 3. The minimum Gasteiger partial charge on any atom is -0.459 e. The highest BCUT2D eigenvalue weighted by Crippen LogP contribution is 2.40. The number of cyclic esters (lactones) is 1. The molecule has 0 spiro atoms. The molecule has 3 aliphatic rings. The summed E-state index contributed by atoms with van der Waals surface area (Å²) in [6.07, 6.45) is -1.49. The molecule has 304 valence electrons. The van der Waals surface area contributed by atoms with Gasteiger partial charge in [0.1, 0.15) is 29.4 Å². The van der Waals surface area contributed by atoms with Crippen molar-refractivity contribution in [3.63, 3.8) is 0 Å². The first kappa shape index (κ1) is 44.4. The Kier molecular flexibility index (Phi) is 15.1. The van der Waals surface area contributed by atoms with E-state index in [4.69, 9.17) is 23.7 Å². The Morgan fingerprint density at radius 2 is 1.84 bits per heavy atom. The second kappa shape index (κ2) is 18.7. The number of ketones is 1. The number of amides is 1. The first-order chi connectivity index (χ1) is 25.8. The third-order valence-corrected chi connectivity index (χ3v) is 11.3. The van der Waals surface area contributed by atoms with Gasteiger partial charge in [-0.05, 0) is 96.7 Å². The van der Waals surface area contributed by atoms with E-state index in [-0.39, 0.29) is 38.2 Å². The highest BCUT2D eigenvalue weighted by molar-refractivity contribution is 6.00. The predicted octanol–water partition coefficient (Wildman–Crippen LogP) is 3.92. The Morgan fingerprint density at radius 3 is 2.45 bits per heavy atom. The quantitative estimate of drug-likeness (QED) is 0.258. The minimum absolute atomic E-state index is 0.0314. The van der Waals surface area contributed by atoms with Gasteiger partial charge in [-0.1, -0.05) is 39.7 Å². The smallest absolute Gasteiger partial charge is 0.316 e. The standard InChI is InChI=1S/C42H61N3O10/c1-12-33-42(9,50)38-26(4)34(44-29(7)46)24(2)21-41(8,52-23-30(22-51-38)16-15-18-31-17-13-14-19-43-31)37(27(5)35(47)28(6)39(49)54-33)55-40-36(48)32(45(10)11)20-25(3)53-40/h13-14,16-17,19,24-28,32-33,36-38,40,48,50H,12,20-23H2,1-11H3/b30-16-,44-34?/t24?,25-,26?,27+,28-,32+,33+,36?,37?,38?,40+,41-,42-/m1/s1. The van der Waals surface area contributed by atoms with Crippen molar-refractivity contribution in [1.82, 2.24) is 9.88 Å². The Balaban J connectivity index is 1.98. The Morgan fingerprint density at radius 1 is 1.13 bits per heavy atom. The second-order valence-electron chi connectivity index (χ2n) is 16.2. The average molecular weight is 768 g/mol. The number of aliphatic hydroxyl groups excluding tert-OH is 1. The molecule has 3 aliphatic heterocycles. The van der Waals surface area contributed by atoms with Crippen LogP contribution in [0.1, 0.15) is 87.3 Å². The molecule has 1 aromatic rings. The van der Waals surface area contributed by atoms with E-state index in [2.05, 4.69) is 21.8 Å². The van der Waals surface area contributed by atoms with E-state index < -0.39 is 83.2 Å². The van der Waals surface area contributed by atoms with Crippen molar-refractivity contribution >= 4 is 23.4 Å². The van der Waals surface area contributed by atoms with Crippen LogP contribution in [-0.4, -0.2) is 125 Å². The lowest BCUT2D eigenvalue weighted by Gasteiger charge is -2.47. The summed E-state index contributed by atoms with van der Waals surface area (Å²) in [5.74, 6) is 0.971. The SMILES string of the molecule is CC[C@@H]1OC(=O)[C@H](C)C(=O)[C@H](C)C(O[C@@H]2O[C@H](C)C[C@H](N(C)C)C2O)[C@@]2(C)CC(C)C(=NC(C)=O)C(C)C(OC/C(=C/C#Cc3ccccn3)CO2)[C@]1(C)O. The number of fused-ring (bicyclic) bond motifs is 5. The van der Waals surface area contributed by atoms with Gasteiger partial charge in [0, 0.05) is 36.7 Å². The molecule has 3 saturated heterocycles. The summed E-state index contributed by atoms with van der Waals surface area (Å²) < 4.78 is 32.5. The molecule has 0 saturated carbocycles. The predicted molar refractivity (Wildman–Crippen MR) is 206 cm³/mol. The largest absolute Gasteiger partial charge is 0.459 e. The van der Waals surface area contributed by atoms with Crippen LogP contribution in [0.2, 0.25) is 0 Å². The second-order valence-corrected chi connectivity index (χ2v) is 16.2. The van der Waals surface area contributed by atoms with Crippen molar-refractivity contribution in [2.45, 2.75) is 136 Å². The number of aliphatic hydroxyl groups is 2. The van der Waals surface area contributed by atoms with E-state index in [0.717, 1.165) is 0 Å². The van der Waals surface area contributed by atoms with E-state index in [1.807, 2.05) is 52.8 Å². The van der Waals surface area contributed by atoms with Crippen LogP contribution in [0, 0.1) is 35.5 Å². The lowest BCUT2D eigenvalue weighted by Crippen LogP contribution is -2.60. The highest BCUT2D eigenvalue weighted by Gasteiger charge is 2.53. The van der Waals surface area contributed by atoms with Gasteiger partial charge < -0.3 is 38.8 Å². The zero-order valence-corrected chi connectivity index (χ0v) is 34.3. The van der Waals surface area contributed by atoms with Gasteiger partial charge in [-0.15, -0.1) is 0 Å². The van der Waals surface area contributed by atoms with Crippen LogP contribution < -0.4 is 0 Å². The number of carbonyl (C=O) groups excluding carboxylic acids is 3. The monoisotopic (exact) mass is 767 g/mol. The molecular formula is C42H61N3O10. The van der Waals surface area contributed by atoms with Crippen LogP contribution in [0.15, 0.2) is 41.0 Å². The topological polar surface area (TPSA) is 166 Å². The number of aromatic nitrogens is 1. The zero-order valence-electron chi connectivity index (χ0n) is 34.3. The van der Waals surface area contributed by atoms with Crippen molar-refractivity contribution in [2.75, 3.05) is 27.3 Å². The fourth-order valence-corrected chi connectivity index (χ4v) is 8.31. The Bertz CT molecular complexity index is 1630. The maximum absolute atomic E-state index is 14.4. The van der Waals surface area contributed by atoms with Crippen molar-refractivity contribution in [1.29, 1.82) is 0 Å². The number of rotatable bonds is 4. The van der Waals surface area contributed by atoms with Crippen LogP contribution in [0.25, 0.3) is 0 Å². The molecule has 4 heterocycles. The van der Waals surface area contributed by atoms with Gasteiger partial charge in [0.25, 0.3) is 0 Å².